The average molecular weight is 300 g/mol. The fourth-order valence-electron chi connectivity index (χ4n) is 1.89. The Balaban J connectivity index is 2.83. The lowest BCUT2D eigenvalue weighted by atomic mass is 10.1. The first kappa shape index (κ1) is 17.1. The van der Waals surface area contributed by atoms with Gasteiger partial charge in [-0.05, 0) is 38.8 Å². The molecule has 0 bridgehead atoms. The Morgan fingerprint density at radius 1 is 1.20 bits per heavy atom. The molecule has 0 unspecified atom stereocenters. The molecule has 0 saturated heterocycles. The summed E-state index contributed by atoms with van der Waals surface area (Å²) < 4.78 is 11.3. The Bertz CT molecular complexity index is 419. The molecule has 1 rings (SSSR count). The lowest BCUT2D eigenvalue weighted by Crippen LogP contribution is -2.18. The molecule has 1 aromatic carbocycles. The highest BCUT2D eigenvalue weighted by Crippen LogP contribution is 2.35. The molecule has 0 aliphatic rings. The van der Waals surface area contributed by atoms with Crippen LogP contribution in [0.5, 0.6) is 11.5 Å². The quantitative estimate of drug-likeness (QED) is 0.727. The van der Waals surface area contributed by atoms with E-state index in [1.54, 1.807) is 13.2 Å². The Labute approximate surface area is 127 Å². The first-order valence-corrected chi connectivity index (χ1v) is 7.55. The zero-order valence-corrected chi connectivity index (χ0v) is 13.9. The van der Waals surface area contributed by atoms with Crippen LogP contribution < -0.4 is 14.8 Å². The summed E-state index contributed by atoms with van der Waals surface area (Å²) in [4.78, 5) is 0. The van der Waals surface area contributed by atoms with Crippen LogP contribution in [0, 0.1) is 5.92 Å². The van der Waals surface area contributed by atoms with Crippen molar-refractivity contribution in [2.45, 2.75) is 46.8 Å². The number of ether oxygens (including phenoxy) is 2. The third kappa shape index (κ3) is 5.59. The van der Waals surface area contributed by atoms with Gasteiger partial charge in [-0.25, -0.2) is 0 Å². The minimum atomic E-state index is 0.0967. The number of hydrogen-bond acceptors (Lipinski definition) is 3. The lowest BCUT2D eigenvalue weighted by molar-refractivity contribution is 0.227. The Morgan fingerprint density at radius 2 is 1.90 bits per heavy atom. The number of methoxy groups -OCH3 is 1. The van der Waals surface area contributed by atoms with E-state index in [1.165, 1.54) is 0 Å². The highest BCUT2D eigenvalue weighted by atomic mass is 35.5. The third-order valence-corrected chi connectivity index (χ3v) is 3.10. The maximum atomic E-state index is 6.14. The molecular formula is C16H26ClNO2. The van der Waals surface area contributed by atoms with Crippen molar-refractivity contribution < 1.29 is 9.47 Å². The van der Waals surface area contributed by atoms with Gasteiger partial charge in [-0.15, -0.1) is 0 Å². The molecule has 20 heavy (non-hydrogen) atoms. The van der Waals surface area contributed by atoms with Crippen LogP contribution in [-0.2, 0) is 6.54 Å². The van der Waals surface area contributed by atoms with E-state index in [0.717, 1.165) is 30.8 Å². The van der Waals surface area contributed by atoms with Crippen molar-refractivity contribution >= 4 is 11.6 Å². The maximum Gasteiger partial charge on any atom is 0.166 e. The average Bonchev–Trinajstić information content (AvgIpc) is 2.36. The summed E-state index contributed by atoms with van der Waals surface area (Å²) in [6.45, 7) is 10.2. The highest BCUT2D eigenvalue weighted by molar-refractivity contribution is 6.30. The predicted octanol–water partition coefficient (Wildman–Crippen LogP) is 4.27. The molecule has 0 aliphatic heterocycles. The first-order valence-electron chi connectivity index (χ1n) is 7.17. The van der Waals surface area contributed by atoms with Crippen molar-refractivity contribution in [1.82, 2.24) is 5.32 Å². The molecule has 0 aliphatic carbocycles. The van der Waals surface area contributed by atoms with Crippen LogP contribution in [0.15, 0.2) is 12.1 Å². The molecule has 0 fully saturated rings. The topological polar surface area (TPSA) is 30.5 Å². The van der Waals surface area contributed by atoms with Crippen LogP contribution in [0.4, 0.5) is 0 Å². The SMILES string of the molecule is COc1cc(Cl)cc(CNCCC(C)C)c1OC(C)C. The van der Waals surface area contributed by atoms with Gasteiger partial charge in [-0.2, -0.15) is 0 Å². The summed E-state index contributed by atoms with van der Waals surface area (Å²) in [7, 11) is 1.63. The van der Waals surface area contributed by atoms with Gasteiger partial charge in [-0.1, -0.05) is 25.4 Å². The summed E-state index contributed by atoms with van der Waals surface area (Å²) in [6, 6.07) is 3.72. The molecule has 0 spiro atoms. The minimum Gasteiger partial charge on any atom is -0.493 e. The number of nitrogens with one attached hydrogen (secondary N) is 1. The van der Waals surface area contributed by atoms with Crippen LogP contribution in [0.3, 0.4) is 0 Å². The molecule has 4 heteroatoms. The van der Waals surface area contributed by atoms with Gasteiger partial charge in [-0.3, -0.25) is 0 Å². The van der Waals surface area contributed by atoms with E-state index in [9.17, 15) is 0 Å². The normalized spacial score (nSPS) is 11.2. The number of hydrogen-bond donors (Lipinski definition) is 1. The Morgan fingerprint density at radius 3 is 2.45 bits per heavy atom. The summed E-state index contributed by atoms with van der Waals surface area (Å²) >= 11 is 6.14. The van der Waals surface area contributed by atoms with Crippen LogP contribution in [0.25, 0.3) is 0 Å². The van der Waals surface area contributed by atoms with Gasteiger partial charge in [0, 0.05) is 23.2 Å². The van der Waals surface area contributed by atoms with Crippen LogP contribution in [0.1, 0.15) is 39.7 Å². The highest BCUT2D eigenvalue weighted by Gasteiger charge is 2.14. The second-order valence-corrected chi connectivity index (χ2v) is 6.06. The number of rotatable bonds is 8. The van der Waals surface area contributed by atoms with Crippen molar-refractivity contribution in [2.75, 3.05) is 13.7 Å². The van der Waals surface area contributed by atoms with E-state index in [1.807, 2.05) is 19.9 Å². The van der Waals surface area contributed by atoms with E-state index in [-0.39, 0.29) is 6.10 Å². The van der Waals surface area contributed by atoms with E-state index in [0.29, 0.717) is 16.7 Å². The van der Waals surface area contributed by atoms with Crippen molar-refractivity contribution in [3.63, 3.8) is 0 Å². The molecular weight excluding hydrogens is 274 g/mol. The third-order valence-electron chi connectivity index (χ3n) is 2.88. The van der Waals surface area contributed by atoms with Gasteiger partial charge >= 0.3 is 0 Å². The molecule has 0 aromatic heterocycles. The van der Waals surface area contributed by atoms with Gasteiger partial charge in [0.1, 0.15) is 0 Å². The fourth-order valence-corrected chi connectivity index (χ4v) is 2.12. The molecule has 0 heterocycles. The molecule has 0 radical (unpaired) electrons. The lowest BCUT2D eigenvalue weighted by Gasteiger charge is -2.18. The zero-order chi connectivity index (χ0) is 15.1. The molecule has 0 amide bonds. The second kappa shape index (κ2) is 8.38. The van der Waals surface area contributed by atoms with E-state index < -0.39 is 0 Å². The van der Waals surface area contributed by atoms with Gasteiger partial charge in [0.15, 0.2) is 11.5 Å². The second-order valence-electron chi connectivity index (χ2n) is 5.62. The van der Waals surface area contributed by atoms with Crippen molar-refractivity contribution in [1.29, 1.82) is 0 Å². The zero-order valence-electron chi connectivity index (χ0n) is 13.1. The van der Waals surface area contributed by atoms with E-state index >= 15 is 0 Å². The van der Waals surface area contributed by atoms with Crippen molar-refractivity contribution in [3.05, 3.63) is 22.7 Å². The maximum absolute atomic E-state index is 6.14. The smallest absolute Gasteiger partial charge is 0.166 e. The monoisotopic (exact) mass is 299 g/mol. The fraction of sp³-hybridized carbons (Fsp3) is 0.625. The van der Waals surface area contributed by atoms with Crippen molar-refractivity contribution in [2.24, 2.45) is 5.92 Å². The van der Waals surface area contributed by atoms with Crippen LogP contribution in [-0.4, -0.2) is 19.8 Å². The Hall–Kier alpha value is -0.930. The first-order chi connectivity index (χ1) is 9.43. The van der Waals surface area contributed by atoms with Gasteiger partial charge in [0.25, 0.3) is 0 Å². The van der Waals surface area contributed by atoms with Crippen molar-refractivity contribution in [3.8, 4) is 11.5 Å². The minimum absolute atomic E-state index is 0.0967. The molecule has 0 atom stereocenters. The van der Waals surface area contributed by atoms with E-state index in [2.05, 4.69) is 19.2 Å². The number of benzene rings is 1. The predicted molar refractivity (Wildman–Crippen MR) is 84.9 cm³/mol. The summed E-state index contributed by atoms with van der Waals surface area (Å²) in [5, 5.41) is 4.10. The Kier molecular flexibility index (Phi) is 7.17. The van der Waals surface area contributed by atoms with Gasteiger partial charge in [0.05, 0.1) is 13.2 Å². The largest absolute Gasteiger partial charge is 0.493 e. The number of halogens is 1. The standard InChI is InChI=1S/C16H26ClNO2/c1-11(2)6-7-18-10-13-8-14(17)9-15(19-5)16(13)20-12(3)4/h8-9,11-12,18H,6-7,10H2,1-5H3. The molecule has 1 aromatic rings. The van der Waals surface area contributed by atoms with Crippen LogP contribution >= 0.6 is 11.6 Å². The van der Waals surface area contributed by atoms with Gasteiger partial charge < -0.3 is 14.8 Å². The summed E-state index contributed by atoms with van der Waals surface area (Å²) in [6.07, 6.45) is 1.25. The van der Waals surface area contributed by atoms with Gasteiger partial charge in [0.2, 0.25) is 0 Å². The van der Waals surface area contributed by atoms with E-state index in [4.69, 9.17) is 21.1 Å². The van der Waals surface area contributed by atoms with Crippen LogP contribution in [0.2, 0.25) is 5.02 Å². The summed E-state index contributed by atoms with van der Waals surface area (Å²) in [5.41, 5.74) is 1.03. The molecule has 3 nitrogen and oxygen atoms in total. The molecule has 114 valence electrons. The summed E-state index contributed by atoms with van der Waals surface area (Å²) in [5.74, 6) is 2.17. The molecule has 0 saturated carbocycles. The molecule has 1 N–H and O–H groups in total.